The number of nitrogens with zero attached hydrogens (tertiary/aromatic N) is 2. The van der Waals surface area contributed by atoms with Crippen LogP contribution in [-0.2, 0) is 16.9 Å². The van der Waals surface area contributed by atoms with Gasteiger partial charge in [-0.25, -0.2) is 9.78 Å². The van der Waals surface area contributed by atoms with Crippen molar-refractivity contribution in [2.45, 2.75) is 19.0 Å². The van der Waals surface area contributed by atoms with E-state index < -0.39 is 11.6 Å². The molecule has 1 atom stereocenters. The van der Waals surface area contributed by atoms with E-state index in [0.717, 1.165) is 15.5 Å². The minimum Gasteiger partial charge on any atom is -0.472 e. The fraction of sp³-hybridized carbons (Fsp3) is 0.188. The molecule has 0 unspecified atom stereocenters. The zero-order valence-corrected chi connectivity index (χ0v) is 13.5. The largest absolute Gasteiger partial charge is 0.472 e. The Bertz CT molecular complexity index is 884. The lowest BCUT2D eigenvalue weighted by atomic mass is 9.99. The maximum Gasteiger partial charge on any atom is 0.325 e. The summed E-state index contributed by atoms with van der Waals surface area (Å²) in [5.41, 5.74) is 0.316. The van der Waals surface area contributed by atoms with Crippen molar-refractivity contribution in [2.24, 2.45) is 0 Å². The maximum absolute atomic E-state index is 12.7. The van der Waals surface area contributed by atoms with Crippen molar-refractivity contribution in [1.82, 2.24) is 15.2 Å². The first-order valence-corrected chi connectivity index (χ1v) is 8.11. The average molecular weight is 343 g/mol. The second-order valence-corrected chi connectivity index (χ2v) is 6.44. The van der Waals surface area contributed by atoms with Crippen LogP contribution in [0.25, 0.3) is 10.6 Å². The molecule has 0 aliphatic carbocycles. The van der Waals surface area contributed by atoms with Crippen LogP contribution in [0.2, 0.25) is 0 Å². The lowest BCUT2D eigenvalue weighted by Gasteiger charge is -2.18. The summed E-state index contributed by atoms with van der Waals surface area (Å²) < 4.78 is 10.3. The van der Waals surface area contributed by atoms with Gasteiger partial charge in [0.15, 0.2) is 5.54 Å². The van der Waals surface area contributed by atoms with Crippen LogP contribution in [-0.4, -0.2) is 21.8 Å². The molecule has 3 amide bonds. The number of thiazole rings is 1. The van der Waals surface area contributed by atoms with Gasteiger partial charge in [0, 0.05) is 10.9 Å². The molecular weight excluding hydrogens is 330 g/mol. The zero-order valence-electron chi connectivity index (χ0n) is 12.7. The molecule has 0 aromatic carbocycles. The zero-order chi connectivity index (χ0) is 16.7. The van der Waals surface area contributed by atoms with Crippen molar-refractivity contribution in [3.8, 4) is 10.6 Å². The van der Waals surface area contributed by atoms with Gasteiger partial charge in [0.25, 0.3) is 5.91 Å². The van der Waals surface area contributed by atoms with Crippen LogP contribution in [0.5, 0.6) is 0 Å². The Morgan fingerprint density at radius 2 is 2.21 bits per heavy atom. The molecule has 1 N–H and O–H groups in total. The third kappa shape index (κ3) is 2.23. The molecule has 1 aliphatic heterocycles. The van der Waals surface area contributed by atoms with Crippen LogP contribution in [0.4, 0.5) is 4.79 Å². The van der Waals surface area contributed by atoms with Crippen LogP contribution in [0.15, 0.2) is 51.2 Å². The van der Waals surface area contributed by atoms with Crippen molar-refractivity contribution < 1.29 is 18.4 Å². The van der Waals surface area contributed by atoms with E-state index in [1.807, 2.05) is 11.4 Å². The minimum absolute atomic E-state index is 0.106. The van der Waals surface area contributed by atoms with Gasteiger partial charge in [0.05, 0.1) is 24.8 Å². The molecule has 7 nitrogen and oxygen atoms in total. The molecule has 1 saturated heterocycles. The summed E-state index contributed by atoms with van der Waals surface area (Å²) in [6.45, 7) is 1.74. The van der Waals surface area contributed by atoms with E-state index in [0.29, 0.717) is 11.5 Å². The third-order valence-electron chi connectivity index (χ3n) is 3.93. The van der Waals surface area contributed by atoms with E-state index >= 15 is 0 Å². The fourth-order valence-corrected chi connectivity index (χ4v) is 3.43. The fourth-order valence-electron chi connectivity index (χ4n) is 2.63. The standard InChI is InChI=1S/C16H13N3O4S/c1-16(12-3-2-5-23-12)14(20)19(15(21)18-16)7-11-9-24-13(17-11)10-4-6-22-8-10/h2-6,8-9H,7H2,1H3,(H,18,21)/t16-/m0/s1. The number of imide groups is 1. The van der Waals surface area contributed by atoms with Gasteiger partial charge in [0.2, 0.25) is 0 Å². The van der Waals surface area contributed by atoms with Crippen LogP contribution in [0.3, 0.4) is 0 Å². The number of furan rings is 2. The number of carbonyl (C=O) groups excluding carboxylic acids is 2. The summed E-state index contributed by atoms with van der Waals surface area (Å²) in [6, 6.07) is 4.70. The molecule has 0 spiro atoms. The molecule has 0 saturated carbocycles. The molecule has 122 valence electrons. The molecular formula is C16H13N3O4S. The van der Waals surface area contributed by atoms with Crippen LogP contribution < -0.4 is 5.32 Å². The highest BCUT2D eigenvalue weighted by molar-refractivity contribution is 7.13. The van der Waals surface area contributed by atoms with Crippen LogP contribution >= 0.6 is 11.3 Å². The topological polar surface area (TPSA) is 88.6 Å². The van der Waals surface area contributed by atoms with Crippen molar-refractivity contribution in [1.29, 1.82) is 0 Å². The Kier molecular flexibility index (Phi) is 3.27. The molecule has 0 bridgehead atoms. The first-order chi connectivity index (χ1) is 11.6. The summed E-state index contributed by atoms with van der Waals surface area (Å²) in [7, 11) is 0. The molecule has 3 aromatic heterocycles. The molecule has 8 heteroatoms. The van der Waals surface area contributed by atoms with Gasteiger partial charge in [-0.2, -0.15) is 0 Å². The summed E-state index contributed by atoms with van der Waals surface area (Å²) in [5, 5.41) is 5.29. The van der Waals surface area contributed by atoms with E-state index in [1.54, 1.807) is 31.6 Å². The molecule has 3 aromatic rings. The Morgan fingerprint density at radius 1 is 1.33 bits per heavy atom. The number of carbonyl (C=O) groups is 2. The number of nitrogens with one attached hydrogen (secondary N) is 1. The van der Waals surface area contributed by atoms with E-state index in [9.17, 15) is 9.59 Å². The van der Waals surface area contributed by atoms with Gasteiger partial charge in [-0.05, 0) is 25.1 Å². The first kappa shape index (κ1) is 14.7. The highest BCUT2D eigenvalue weighted by Crippen LogP contribution is 2.31. The van der Waals surface area contributed by atoms with Gasteiger partial charge in [-0.15, -0.1) is 11.3 Å². The highest BCUT2D eigenvalue weighted by Gasteiger charge is 2.51. The average Bonchev–Trinajstić information content (AvgIpc) is 3.34. The smallest absolute Gasteiger partial charge is 0.325 e. The summed E-state index contributed by atoms with van der Waals surface area (Å²) in [4.78, 5) is 30.6. The number of urea groups is 1. The lowest BCUT2D eigenvalue weighted by Crippen LogP contribution is -2.40. The van der Waals surface area contributed by atoms with Gasteiger partial charge in [-0.3, -0.25) is 9.69 Å². The number of hydrogen-bond donors (Lipinski definition) is 1. The predicted octanol–water partition coefficient (Wildman–Crippen LogP) is 2.96. The third-order valence-corrected chi connectivity index (χ3v) is 4.87. The molecule has 0 radical (unpaired) electrons. The molecule has 24 heavy (non-hydrogen) atoms. The molecule has 4 heterocycles. The summed E-state index contributed by atoms with van der Waals surface area (Å²) in [6.07, 6.45) is 4.65. The van der Waals surface area contributed by atoms with Crippen molar-refractivity contribution in [3.05, 3.63) is 53.8 Å². The first-order valence-electron chi connectivity index (χ1n) is 7.23. The minimum atomic E-state index is -1.19. The summed E-state index contributed by atoms with van der Waals surface area (Å²) >= 11 is 1.43. The Morgan fingerprint density at radius 3 is 2.92 bits per heavy atom. The van der Waals surface area contributed by atoms with Gasteiger partial charge < -0.3 is 14.2 Å². The van der Waals surface area contributed by atoms with Crippen molar-refractivity contribution in [2.75, 3.05) is 0 Å². The number of hydrogen-bond acceptors (Lipinski definition) is 6. The quantitative estimate of drug-likeness (QED) is 0.736. The van der Waals surface area contributed by atoms with E-state index in [2.05, 4.69) is 10.3 Å². The van der Waals surface area contributed by atoms with E-state index in [4.69, 9.17) is 8.83 Å². The van der Waals surface area contributed by atoms with E-state index in [1.165, 1.54) is 17.6 Å². The normalized spacial score (nSPS) is 20.6. The lowest BCUT2D eigenvalue weighted by molar-refractivity contribution is -0.132. The van der Waals surface area contributed by atoms with Gasteiger partial charge in [0.1, 0.15) is 17.0 Å². The number of amides is 3. The van der Waals surface area contributed by atoms with Crippen LogP contribution in [0, 0.1) is 0 Å². The maximum atomic E-state index is 12.7. The van der Waals surface area contributed by atoms with Crippen molar-refractivity contribution >= 4 is 23.3 Å². The predicted molar refractivity (Wildman–Crippen MR) is 85.0 cm³/mol. The molecule has 1 aliphatic rings. The SMILES string of the molecule is C[C@@]1(c2ccco2)NC(=O)N(Cc2csc(-c3ccoc3)n2)C1=O. The Hall–Kier alpha value is -2.87. The molecule has 1 fully saturated rings. The second-order valence-electron chi connectivity index (χ2n) is 5.58. The van der Waals surface area contributed by atoms with Crippen molar-refractivity contribution in [3.63, 3.8) is 0 Å². The van der Waals surface area contributed by atoms with E-state index in [-0.39, 0.29) is 12.5 Å². The number of rotatable bonds is 4. The van der Waals surface area contributed by atoms with Crippen LogP contribution in [0.1, 0.15) is 18.4 Å². The van der Waals surface area contributed by atoms with Gasteiger partial charge >= 0.3 is 6.03 Å². The van der Waals surface area contributed by atoms with Gasteiger partial charge in [-0.1, -0.05) is 0 Å². The molecule has 4 rings (SSSR count). The summed E-state index contributed by atoms with van der Waals surface area (Å²) in [5.74, 6) is 0.0426. The Labute approximate surface area is 140 Å². The Balaban J connectivity index is 1.57. The monoisotopic (exact) mass is 343 g/mol. The second kappa shape index (κ2) is 5.34. The number of aromatic nitrogens is 1. The highest BCUT2D eigenvalue weighted by atomic mass is 32.1.